The highest BCUT2D eigenvalue weighted by Crippen LogP contribution is 2.28. The Morgan fingerprint density at radius 2 is 1.80 bits per heavy atom. The zero-order valence-electron chi connectivity index (χ0n) is 16.9. The van der Waals surface area contributed by atoms with Gasteiger partial charge in [-0.1, -0.05) is 6.92 Å². The van der Waals surface area contributed by atoms with Crippen LogP contribution in [0.15, 0.2) is 49.2 Å². The Labute approximate surface area is 175 Å². The molecule has 0 radical (unpaired) electrons. The minimum absolute atomic E-state index is 0.287. The van der Waals surface area contributed by atoms with E-state index in [1.54, 1.807) is 6.33 Å². The van der Waals surface area contributed by atoms with Crippen molar-refractivity contribution in [2.24, 2.45) is 5.92 Å². The van der Waals surface area contributed by atoms with Crippen LogP contribution in [0.25, 0.3) is 5.69 Å². The molecule has 2 fully saturated rings. The van der Waals surface area contributed by atoms with Gasteiger partial charge in [-0.2, -0.15) is 5.26 Å². The van der Waals surface area contributed by atoms with Gasteiger partial charge in [0.05, 0.1) is 18.6 Å². The molecule has 0 saturated carbocycles. The Kier molecular flexibility index (Phi) is 4.81. The van der Waals surface area contributed by atoms with Crippen LogP contribution in [0.5, 0.6) is 0 Å². The number of aromatic nitrogens is 4. The molecule has 8 nitrogen and oxygen atoms in total. The van der Waals surface area contributed by atoms with Crippen LogP contribution in [-0.4, -0.2) is 56.6 Å². The van der Waals surface area contributed by atoms with Gasteiger partial charge >= 0.3 is 0 Å². The molecule has 0 aliphatic carbocycles. The Morgan fingerprint density at radius 1 is 1.00 bits per heavy atom. The largest absolute Gasteiger partial charge is 0.370 e. The average Bonchev–Trinajstić information content (AvgIpc) is 3.42. The Morgan fingerprint density at radius 3 is 2.50 bits per heavy atom. The van der Waals surface area contributed by atoms with Gasteiger partial charge in [-0.15, -0.1) is 0 Å². The van der Waals surface area contributed by atoms with Crippen molar-refractivity contribution < 1.29 is 0 Å². The van der Waals surface area contributed by atoms with Gasteiger partial charge in [0, 0.05) is 43.6 Å². The zero-order chi connectivity index (χ0) is 20.5. The van der Waals surface area contributed by atoms with Gasteiger partial charge in [-0.25, -0.2) is 15.0 Å². The van der Waals surface area contributed by atoms with E-state index in [-0.39, 0.29) is 5.69 Å². The van der Waals surface area contributed by atoms with Crippen molar-refractivity contribution in [2.75, 3.05) is 36.4 Å². The van der Waals surface area contributed by atoms with E-state index in [4.69, 9.17) is 5.26 Å². The van der Waals surface area contributed by atoms with Crippen molar-refractivity contribution >= 4 is 17.3 Å². The molecule has 0 bridgehead atoms. The van der Waals surface area contributed by atoms with Gasteiger partial charge < -0.3 is 14.8 Å². The first-order valence-electron chi connectivity index (χ1n) is 10.3. The quantitative estimate of drug-likeness (QED) is 0.705. The first-order chi connectivity index (χ1) is 14.7. The second kappa shape index (κ2) is 7.76. The number of nitrogens with zero attached hydrogens (tertiary/aromatic N) is 7. The van der Waals surface area contributed by atoms with Gasteiger partial charge in [0.25, 0.3) is 0 Å². The summed E-state index contributed by atoms with van der Waals surface area (Å²) in [5, 5.41) is 11.9. The lowest BCUT2D eigenvalue weighted by atomic mass is 9.99. The highest BCUT2D eigenvalue weighted by atomic mass is 15.3. The normalized spacial score (nSPS) is 19.5. The molecule has 4 heterocycles. The molecule has 2 aromatic heterocycles. The molecular weight excluding hydrogens is 376 g/mol. The van der Waals surface area contributed by atoms with Gasteiger partial charge in [-0.3, -0.25) is 4.90 Å². The molecule has 2 aliphatic heterocycles. The molecular formula is C22H24N8. The molecule has 1 N–H and O–H groups in total. The van der Waals surface area contributed by atoms with Crippen LogP contribution < -0.4 is 10.2 Å². The van der Waals surface area contributed by atoms with E-state index in [1.807, 2.05) is 16.8 Å². The topological polar surface area (TPSA) is 85.9 Å². The zero-order valence-corrected chi connectivity index (χ0v) is 16.9. The Balaban J connectivity index is 1.22. The van der Waals surface area contributed by atoms with Crippen molar-refractivity contribution in [3.8, 4) is 11.8 Å². The summed E-state index contributed by atoms with van der Waals surface area (Å²) in [7, 11) is 0. The second-order valence-electron chi connectivity index (χ2n) is 8.15. The Hall–Kier alpha value is -3.44. The summed E-state index contributed by atoms with van der Waals surface area (Å²) in [6.45, 7) is 7.08. The fraction of sp³-hybridized carbons (Fsp3) is 0.364. The number of nitrogens with one attached hydrogen (secondary N) is 1. The van der Waals surface area contributed by atoms with E-state index in [9.17, 15) is 0 Å². The van der Waals surface area contributed by atoms with Crippen LogP contribution in [0.1, 0.15) is 19.0 Å². The lowest BCUT2D eigenvalue weighted by Gasteiger charge is -2.41. The van der Waals surface area contributed by atoms with Crippen LogP contribution in [0, 0.1) is 17.2 Å². The highest BCUT2D eigenvalue weighted by molar-refractivity contribution is 5.54. The second-order valence-corrected chi connectivity index (χ2v) is 8.15. The molecule has 2 aliphatic rings. The standard InChI is InChI=1S/C22H24N8/c1-16-11-29(12-16)20-6-7-28(13-20)18-2-4-19(5-3-18)30-14-22(26-15-30)27-21-10-24-17(8-23)9-25-21/h2-5,9-10,14-16,20H,6-7,11-13H2,1H3,(H,25,27). The van der Waals surface area contributed by atoms with E-state index < -0.39 is 0 Å². The number of rotatable bonds is 5. The maximum Gasteiger partial charge on any atom is 0.158 e. The lowest BCUT2D eigenvalue weighted by molar-refractivity contribution is 0.0718. The summed E-state index contributed by atoms with van der Waals surface area (Å²) in [6.07, 6.45) is 7.89. The average molecular weight is 400 g/mol. The molecule has 8 heteroatoms. The number of hydrogen-bond donors (Lipinski definition) is 1. The molecule has 3 aromatic rings. The number of anilines is 3. The smallest absolute Gasteiger partial charge is 0.158 e. The SMILES string of the molecule is CC1CN(C2CCN(c3ccc(-n4cnc(Nc5cnc(C#N)cn5)c4)cc3)C2)C1. The highest BCUT2D eigenvalue weighted by Gasteiger charge is 2.33. The van der Waals surface area contributed by atoms with Crippen LogP contribution in [0.2, 0.25) is 0 Å². The maximum absolute atomic E-state index is 8.80. The molecule has 5 rings (SSSR count). The minimum Gasteiger partial charge on any atom is -0.370 e. The first-order valence-corrected chi connectivity index (χ1v) is 10.3. The third-order valence-corrected chi connectivity index (χ3v) is 5.89. The fourth-order valence-corrected chi connectivity index (χ4v) is 4.27. The summed E-state index contributed by atoms with van der Waals surface area (Å²) in [5.41, 5.74) is 2.62. The summed E-state index contributed by atoms with van der Waals surface area (Å²) in [4.78, 5) is 17.7. The van der Waals surface area contributed by atoms with E-state index in [2.05, 4.69) is 61.3 Å². The monoisotopic (exact) mass is 400 g/mol. The van der Waals surface area contributed by atoms with Crippen molar-refractivity contribution in [3.05, 3.63) is 54.9 Å². The van der Waals surface area contributed by atoms with Crippen LogP contribution in [-0.2, 0) is 0 Å². The van der Waals surface area contributed by atoms with Gasteiger partial charge in [0.15, 0.2) is 5.69 Å². The summed E-state index contributed by atoms with van der Waals surface area (Å²) < 4.78 is 1.97. The number of benzene rings is 1. The van der Waals surface area contributed by atoms with Gasteiger partial charge in [-0.05, 0) is 36.6 Å². The molecule has 1 atom stereocenters. The lowest BCUT2D eigenvalue weighted by Crippen LogP contribution is -2.51. The fourth-order valence-electron chi connectivity index (χ4n) is 4.27. The predicted octanol–water partition coefficient (Wildman–Crippen LogP) is 2.81. The van der Waals surface area contributed by atoms with Crippen molar-refractivity contribution in [1.29, 1.82) is 5.26 Å². The van der Waals surface area contributed by atoms with Crippen LogP contribution >= 0.6 is 0 Å². The molecule has 0 amide bonds. The van der Waals surface area contributed by atoms with Crippen LogP contribution in [0.3, 0.4) is 0 Å². The third-order valence-electron chi connectivity index (χ3n) is 5.89. The molecule has 1 aromatic carbocycles. The number of likely N-dealkylation sites (tertiary alicyclic amines) is 1. The molecule has 0 spiro atoms. The van der Waals surface area contributed by atoms with Crippen molar-refractivity contribution in [2.45, 2.75) is 19.4 Å². The van der Waals surface area contributed by atoms with E-state index in [0.29, 0.717) is 17.7 Å². The summed E-state index contributed by atoms with van der Waals surface area (Å²) in [5.74, 6) is 2.08. The minimum atomic E-state index is 0.287. The molecule has 152 valence electrons. The van der Waals surface area contributed by atoms with Gasteiger partial charge in [0.2, 0.25) is 0 Å². The first kappa shape index (κ1) is 18.6. The number of imidazole rings is 1. The summed E-state index contributed by atoms with van der Waals surface area (Å²) >= 11 is 0. The van der Waals surface area contributed by atoms with Gasteiger partial charge in [0.1, 0.15) is 24.0 Å². The van der Waals surface area contributed by atoms with Crippen molar-refractivity contribution in [1.82, 2.24) is 24.4 Å². The molecule has 1 unspecified atom stereocenters. The maximum atomic E-state index is 8.80. The van der Waals surface area contributed by atoms with Crippen LogP contribution in [0.4, 0.5) is 17.3 Å². The predicted molar refractivity (Wildman–Crippen MR) is 115 cm³/mol. The van der Waals surface area contributed by atoms with Crippen molar-refractivity contribution in [3.63, 3.8) is 0 Å². The number of hydrogen-bond acceptors (Lipinski definition) is 7. The number of nitriles is 1. The molecule has 30 heavy (non-hydrogen) atoms. The van der Waals surface area contributed by atoms with E-state index >= 15 is 0 Å². The molecule has 2 saturated heterocycles. The Bertz CT molecular complexity index is 1040. The van der Waals surface area contributed by atoms with E-state index in [0.717, 1.165) is 24.7 Å². The summed E-state index contributed by atoms with van der Waals surface area (Å²) in [6, 6.07) is 11.3. The third kappa shape index (κ3) is 3.72. The van der Waals surface area contributed by atoms with E-state index in [1.165, 1.54) is 37.6 Å².